The van der Waals surface area contributed by atoms with Crippen LogP contribution in [0.25, 0.3) is 0 Å². The van der Waals surface area contributed by atoms with E-state index in [0.29, 0.717) is 19.4 Å². The molecular weight excluding hydrogens is 518 g/mol. The minimum Gasteiger partial charge on any atom is -0.453 e. The summed E-state index contributed by atoms with van der Waals surface area (Å²) in [7, 11) is 1.21. The highest BCUT2D eigenvalue weighted by Crippen LogP contribution is 2.21. The summed E-state index contributed by atoms with van der Waals surface area (Å²) in [6.45, 7) is 11.5. The number of amides is 3. The third kappa shape index (κ3) is 8.03. The number of methoxy groups -OCH3 is 1. The van der Waals surface area contributed by atoms with Gasteiger partial charge in [0.25, 0.3) is 5.89 Å². The van der Waals surface area contributed by atoms with Crippen LogP contribution in [0, 0.1) is 11.8 Å². The van der Waals surface area contributed by atoms with Gasteiger partial charge in [-0.1, -0.05) is 71.9 Å². The normalized spacial score (nSPS) is 16.1. The lowest BCUT2D eigenvalue weighted by molar-refractivity contribution is -0.141. The summed E-state index contributed by atoms with van der Waals surface area (Å²) in [5.74, 6) is -3.32. The SMILES string of the molecule is CC.COC(=O)N[C@H](C(=O)N1CCC[C@H]1C(=O)N[C@H](C(=O)c1nn(Cc2ccccc2)c(=O)o1)C(C)C)C(C)C. The number of ketones is 1. The molecule has 40 heavy (non-hydrogen) atoms. The first-order valence-electron chi connectivity index (χ1n) is 13.6. The van der Waals surface area contributed by atoms with Crippen molar-refractivity contribution in [3.8, 4) is 0 Å². The van der Waals surface area contributed by atoms with E-state index in [2.05, 4.69) is 20.5 Å². The van der Waals surface area contributed by atoms with Gasteiger partial charge in [0.1, 0.15) is 12.1 Å². The largest absolute Gasteiger partial charge is 0.453 e. The van der Waals surface area contributed by atoms with Gasteiger partial charge in [0.05, 0.1) is 19.7 Å². The zero-order valence-corrected chi connectivity index (χ0v) is 24.3. The van der Waals surface area contributed by atoms with Crippen LogP contribution < -0.4 is 16.4 Å². The lowest BCUT2D eigenvalue weighted by atomic mass is 9.98. The summed E-state index contributed by atoms with van der Waals surface area (Å²) in [5, 5.41) is 9.32. The van der Waals surface area contributed by atoms with Gasteiger partial charge in [-0.2, -0.15) is 4.68 Å². The fourth-order valence-electron chi connectivity index (χ4n) is 4.36. The highest BCUT2D eigenvalue weighted by Gasteiger charge is 2.40. The third-order valence-electron chi connectivity index (χ3n) is 6.47. The van der Waals surface area contributed by atoms with Crippen LogP contribution in [0.3, 0.4) is 0 Å². The van der Waals surface area contributed by atoms with E-state index in [-0.39, 0.29) is 18.4 Å². The van der Waals surface area contributed by atoms with E-state index in [1.165, 1.54) is 12.0 Å². The first kappa shape index (κ1) is 32.3. The Balaban J connectivity index is 0.00000274. The number of alkyl carbamates (subject to hydrolysis) is 1. The van der Waals surface area contributed by atoms with Crippen molar-refractivity contribution < 1.29 is 28.3 Å². The van der Waals surface area contributed by atoms with E-state index in [0.717, 1.165) is 10.2 Å². The van der Waals surface area contributed by atoms with E-state index in [1.54, 1.807) is 27.7 Å². The van der Waals surface area contributed by atoms with Crippen LogP contribution >= 0.6 is 0 Å². The standard InChI is InChI=1S/C26H35N5O7.C2H6/c1-15(2)19(21(32)23-29-31(26(36)38-23)14-17-10-7-6-8-11-17)27-22(33)18-12-9-13-30(18)24(34)20(16(3)4)28-25(35)37-5;1-2/h6-8,10-11,15-16,18-20H,9,12-14H2,1-5H3,(H,27,33)(H,28,35);1-2H3/t18-,19-,20-;/m0./s1. The minimum absolute atomic E-state index is 0.130. The molecule has 1 aromatic heterocycles. The Morgan fingerprint density at radius 2 is 1.65 bits per heavy atom. The molecule has 1 saturated heterocycles. The summed E-state index contributed by atoms with van der Waals surface area (Å²) < 4.78 is 10.8. The summed E-state index contributed by atoms with van der Waals surface area (Å²) in [6.07, 6.45) is 0.252. The molecule has 12 nitrogen and oxygen atoms in total. The quantitative estimate of drug-likeness (QED) is 0.421. The lowest BCUT2D eigenvalue weighted by Gasteiger charge is -2.31. The van der Waals surface area contributed by atoms with Crippen molar-refractivity contribution in [1.82, 2.24) is 25.3 Å². The van der Waals surface area contributed by atoms with Crippen molar-refractivity contribution in [3.05, 3.63) is 52.3 Å². The molecule has 0 radical (unpaired) electrons. The van der Waals surface area contributed by atoms with E-state index in [9.17, 15) is 24.0 Å². The Bertz CT molecular complexity index is 1210. The third-order valence-corrected chi connectivity index (χ3v) is 6.47. The zero-order valence-electron chi connectivity index (χ0n) is 24.3. The van der Waals surface area contributed by atoms with Gasteiger partial charge >= 0.3 is 11.8 Å². The molecule has 0 saturated carbocycles. The Morgan fingerprint density at radius 1 is 1.02 bits per heavy atom. The van der Waals surface area contributed by atoms with Crippen LogP contribution in [-0.2, 0) is 20.9 Å². The number of nitrogens with one attached hydrogen (secondary N) is 2. The maximum absolute atomic E-state index is 13.3. The number of carbonyl (C=O) groups is 4. The number of nitrogens with zero attached hydrogens (tertiary/aromatic N) is 3. The zero-order chi connectivity index (χ0) is 30.0. The number of likely N-dealkylation sites (tertiary alicyclic amines) is 1. The number of rotatable bonds is 10. The first-order chi connectivity index (χ1) is 19.0. The van der Waals surface area contributed by atoms with Crippen molar-refractivity contribution in [2.45, 2.75) is 79.1 Å². The molecule has 0 bridgehead atoms. The van der Waals surface area contributed by atoms with Crippen molar-refractivity contribution in [2.75, 3.05) is 13.7 Å². The van der Waals surface area contributed by atoms with Crippen LogP contribution in [0.2, 0.25) is 0 Å². The summed E-state index contributed by atoms with van der Waals surface area (Å²) in [5.41, 5.74) is 0.808. The van der Waals surface area contributed by atoms with Crippen LogP contribution in [0.1, 0.15) is 70.6 Å². The van der Waals surface area contributed by atoms with Crippen molar-refractivity contribution in [1.29, 1.82) is 0 Å². The van der Waals surface area contributed by atoms with Gasteiger partial charge in [-0.15, -0.1) is 5.10 Å². The summed E-state index contributed by atoms with van der Waals surface area (Å²) >= 11 is 0. The van der Waals surface area contributed by atoms with Gasteiger partial charge in [0.15, 0.2) is 0 Å². The Morgan fingerprint density at radius 3 is 2.23 bits per heavy atom. The van der Waals surface area contributed by atoms with Crippen molar-refractivity contribution in [2.24, 2.45) is 11.8 Å². The smallest absolute Gasteiger partial charge is 0.437 e. The molecule has 2 heterocycles. The molecule has 1 aliphatic rings. The molecule has 1 aliphatic heterocycles. The second-order valence-corrected chi connectivity index (χ2v) is 9.96. The van der Waals surface area contributed by atoms with Gasteiger partial charge < -0.3 is 24.7 Å². The van der Waals surface area contributed by atoms with Gasteiger partial charge in [0, 0.05) is 6.54 Å². The summed E-state index contributed by atoms with van der Waals surface area (Å²) in [6, 6.07) is 6.40. The van der Waals surface area contributed by atoms with Gasteiger partial charge in [-0.25, -0.2) is 9.59 Å². The topological polar surface area (TPSA) is 153 Å². The van der Waals surface area contributed by atoms with E-state index in [1.807, 2.05) is 44.2 Å². The van der Waals surface area contributed by atoms with Crippen LogP contribution in [0.4, 0.5) is 4.79 Å². The van der Waals surface area contributed by atoms with Gasteiger partial charge in [0.2, 0.25) is 17.6 Å². The fraction of sp³-hybridized carbons (Fsp3) is 0.571. The van der Waals surface area contributed by atoms with Crippen LogP contribution in [0.5, 0.6) is 0 Å². The predicted octanol–water partition coefficient (Wildman–Crippen LogP) is 2.61. The van der Waals surface area contributed by atoms with Crippen LogP contribution in [0.15, 0.2) is 39.5 Å². The number of aromatic nitrogens is 2. The molecule has 0 unspecified atom stereocenters. The second-order valence-electron chi connectivity index (χ2n) is 9.96. The molecule has 3 atom stereocenters. The van der Waals surface area contributed by atoms with Gasteiger partial charge in [-0.05, 0) is 30.2 Å². The second kappa shape index (κ2) is 15.0. The number of Topliss-reactive ketones (excluding diaryl/α,β-unsaturated/α-hetero) is 1. The highest BCUT2D eigenvalue weighted by molar-refractivity contribution is 6.00. The molecule has 2 N–H and O–H groups in total. The number of ether oxygens (including phenoxy) is 1. The number of hydrogen-bond donors (Lipinski definition) is 2. The molecule has 0 aliphatic carbocycles. The Labute approximate surface area is 234 Å². The molecule has 3 amide bonds. The first-order valence-corrected chi connectivity index (χ1v) is 13.6. The Hall–Kier alpha value is -3.96. The van der Waals surface area contributed by atoms with Gasteiger partial charge in [-0.3, -0.25) is 14.4 Å². The maximum atomic E-state index is 13.3. The fourth-order valence-corrected chi connectivity index (χ4v) is 4.36. The number of benzene rings is 1. The van der Waals surface area contributed by atoms with E-state index in [4.69, 9.17) is 4.42 Å². The molecule has 1 aromatic carbocycles. The molecule has 220 valence electrons. The molecule has 12 heteroatoms. The van der Waals surface area contributed by atoms with Crippen molar-refractivity contribution >= 4 is 23.7 Å². The molecule has 1 fully saturated rings. The van der Waals surface area contributed by atoms with Crippen LogP contribution in [-0.4, -0.2) is 70.2 Å². The number of hydrogen-bond acceptors (Lipinski definition) is 8. The molecule has 2 aromatic rings. The van der Waals surface area contributed by atoms with Crippen molar-refractivity contribution in [3.63, 3.8) is 0 Å². The average Bonchev–Trinajstić information content (AvgIpc) is 3.58. The molecular formula is C28H41N5O7. The maximum Gasteiger partial charge on any atom is 0.437 e. The minimum atomic E-state index is -1.03. The highest BCUT2D eigenvalue weighted by atomic mass is 16.5. The summed E-state index contributed by atoms with van der Waals surface area (Å²) in [4.78, 5) is 65.3. The number of carbonyl (C=O) groups excluding carboxylic acids is 4. The average molecular weight is 560 g/mol. The Kier molecular flexibility index (Phi) is 12.1. The molecule has 3 rings (SSSR count). The van der Waals surface area contributed by atoms with E-state index < -0.39 is 53.5 Å². The van der Waals surface area contributed by atoms with E-state index >= 15 is 0 Å². The molecule has 0 spiro atoms. The monoisotopic (exact) mass is 559 g/mol. The predicted molar refractivity (Wildman–Crippen MR) is 148 cm³/mol. The lowest BCUT2D eigenvalue weighted by Crippen LogP contribution is -2.57.